The van der Waals surface area contributed by atoms with Crippen molar-refractivity contribution in [1.29, 1.82) is 0 Å². The molecule has 2 aromatic carbocycles. The minimum atomic E-state index is -0.301. The second-order valence-electron chi connectivity index (χ2n) is 4.95. The van der Waals surface area contributed by atoms with Gasteiger partial charge in [-0.15, -0.1) is 0 Å². The van der Waals surface area contributed by atoms with E-state index in [1.165, 1.54) is 0 Å². The molecule has 0 spiro atoms. The fraction of sp³-hybridized carbons (Fsp3) is 0.235. The van der Waals surface area contributed by atoms with E-state index in [0.717, 1.165) is 0 Å². The normalized spacial score (nSPS) is 16.0. The second-order valence-corrected chi connectivity index (χ2v) is 4.95. The van der Waals surface area contributed by atoms with Crippen molar-refractivity contribution < 1.29 is 19.0 Å². The van der Waals surface area contributed by atoms with Crippen molar-refractivity contribution in [3.63, 3.8) is 0 Å². The Morgan fingerprint density at radius 2 is 1.91 bits per heavy atom. The van der Waals surface area contributed by atoms with Crippen LogP contribution in [0.5, 0.6) is 17.2 Å². The number of hydrogen-bond acceptors (Lipinski definition) is 4. The first-order valence-corrected chi connectivity index (χ1v) is 7.07. The molecule has 5 heteroatoms. The zero-order valence-corrected chi connectivity index (χ0v) is 12.2. The Labute approximate surface area is 128 Å². The number of hydrogen-bond donors (Lipinski definition) is 1. The molecule has 0 aromatic heterocycles. The predicted octanol–water partition coefficient (Wildman–Crippen LogP) is 2.86. The molecule has 1 atom stereocenters. The van der Waals surface area contributed by atoms with Crippen LogP contribution >= 0.6 is 0 Å². The molecular formula is C17H17NO4. The molecule has 114 valence electrons. The summed E-state index contributed by atoms with van der Waals surface area (Å²) in [5.74, 6) is 1.87. The van der Waals surface area contributed by atoms with E-state index in [4.69, 9.17) is 14.2 Å². The van der Waals surface area contributed by atoms with Gasteiger partial charge in [-0.25, -0.2) is 0 Å². The Morgan fingerprint density at radius 1 is 1.18 bits per heavy atom. The smallest absolute Gasteiger partial charge is 0.228 e. The Hall–Kier alpha value is -2.69. The Bertz CT molecular complexity index is 671. The maximum absolute atomic E-state index is 12.2. The van der Waals surface area contributed by atoms with E-state index in [1.54, 1.807) is 19.2 Å². The summed E-state index contributed by atoms with van der Waals surface area (Å²) < 4.78 is 16.6. The first-order chi connectivity index (χ1) is 10.8. The van der Waals surface area contributed by atoms with Gasteiger partial charge in [-0.2, -0.15) is 0 Å². The lowest BCUT2D eigenvalue weighted by molar-refractivity contribution is -0.118. The van der Waals surface area contributed by atoms with Gasteiger partial charge in [0, 0.05) is 0 Å². The van der Waals surface area contributed by atoms with Crippen LogP contribution in [0.3, 0.4) is 0 Å². The van der Waals surface area contributed by atoms with E-state index in [-0.39, 0.29) is 18.4 Å². The Balaban J connectivity index is 1.61. The molecule has 0 saturated carbocycles. The van der Waals surface area contributed by atoms with E-state index in [1.807, 2.05) is 36.4 Å². The average Bonchev–Trinajstić information content (AvgIpc) is 2.55. The van der Waals surface area contributed by atoms with Gasteiger partial charge in [-0.3, -0.25) is 4.79 Å². The van der Waals surface area contributed by atoms with Crippen LogP contribution in [0.1, 0.15) is 6.42 Å². The van der Waals surface area contributed by atoms with E-state index in [0.29, 0.717) is 29.5 Å². The number of fused-ring (bicyclic) bond motifs is 1. The molecule has 5 nitrogen and oxygen atoms in total. The number of amides is 1. The molecule has 1 N–H and O–H groups in total. The van der Waals surface area contributed by atoms with Gasteiger partial charge in [-0.1, -0.05) is 24.3 Å². The minimum absolute atomic E-state index is 0.141. The first kappa shape index (κ1) is 14.3. The van der Waals surface area contributed by atoms with Crippen LogP contribution < -0.4 is 19.5 Å². The molecule has 22 heavy (non-hydrogen) atoms. The zero-order valence-electron chi connectivity index (χ0n) is 12.2. The third-order valence-corrected chi connectivity index (χ3v) is 3.36. The molecule has 2 aromatic rings. The highest BCUT2D eigenvalue weighted by Crippen LogP contribution is 2.31. The lowest BCUT2D eigenvalue weighted by Gasteiger charge is -2.26. The van der Waals surface area contributed by atoms with E-state index in [2.05, 4.69) is 5.32 Å². The summed E-state index contributed by atoms with van der Waals surface area (Å²) in [5.41, 5.74) is 0.645. The maximum atomic E-state index is 12.2. The Morgan fingerprint density at radius 3 is 2.73 bits per heavy atom. The van der Waals surface area contributed by atoms with Crippen molar-refractivity contribution in [2.24, 2.45) is 0 Å². The quantitative estimate of drug-likeness (QED) is 0.943. The average molecular weight is 299 g/mol. The van der Waals surface area contributed by atoms with Crippen molar-refractivity contribution >= 4 is 11.6 Å². The monoisotopic (exact) mass is 299 g/mol. The van der Waals surface area contributed by atoms with Crippen LogP contribution in [0.15, 0.2) is 48.5 Å². The van der Waals surface area contributed by atoms with Gasteiger partial charge in [0.1, 0.15) is 18.5 Å². The van der Waals surface area contributed by atoms with Crippen LogP contribution in [0.25, 0.3) is 0 Å². The molecule has 0 unspecified atom stereocenters. The fourth-order valence-corrected chi connectivity index (χ4v) is 2.32. The highest BCUT2D eigenvalue weighted by atomic mass is 16.6. The zero-order chi connectivity index (χ0) is 15.4. The first-order valence-electron chi connectivity index (χ1n) is 7.07. The van der Waals surface area contributed by atoms with Gasteiger partial charge in [-0.05, 0) is 24.3 Å². The number of carbonyl (C=O) groups is 1. The van der Waals surface area contributed by atoms with Crippen LogP contribution in [-0.2, 0) is 4.79 Å². The number of nitrogens with one attached hydrogen (secondary N) is 1. The summed E-state index contributed by atoms with van der Waals surface area (Å²) in [4.78, 5) is 12.2. The van der Waals surface area contributed by atoms with Crippen molar-refractivity contribution in [3.05, 3.63) is 48.5 Å². The summed E-state index contributed by atoms with van der Waals surface area (Å²) in [6.45, 7) is 0.357. The van der Waals surface area contributed by atoms with Crippen LogP contribution in [0.2, 0.25) is 0 Å². The van der Waals surface area contributed by atoms with Gasteiger partial charge in [0.2, 0.25) is 5.91 Å². The third kappa shape index (κ3) is 3.14. The molecule has 0 saturated heterocycles. The van der Waals surface area contributed by atoms with Crippen molar-refractivity contribution in [3.8, 4) is 17.2 Å². The van der Waals surface area contributed by atoms with E-state index >= 15 is 0 Å². The molecule has 0 radical (unpaired) electrons. The molecule has 1 aliphatic rings. The summed E-state index contributed by atoms with van der Waals surface area (Å²) in [7, 11) is 1.57. The summed E-state index contributed by atoms with van der Waals surface area (Å²) >= 11 is 0. The SMILES string of the molecule is COc1ccccc1NC(=O)C[C@H]1COc2ccccc2O1. The highest BCUT2D eigenvalue weighted by Gasteiger charge is 2.23. The van der Waals surface area contributed by atoms with Crippen molar-refractivity contribution in [1.82, 2.24) is 0 Å². The molecule has 0 fully saturated rings. The molecular weight excluding hydrogens is 282 g/mol. The van der Waals surface area contributed by atoms with Crippen molar-refractivity contribution in [2.75, 3.05) is 19.0 Å². The van der Waals surface area contributed by atoms with Gasteiger partial charge in [0.15, 0.2) is 11.5 Å². The van der Waals surface area contributed by atoms with Gasteiger partial charge in [0.05, 0.1) is 19.2 Å². The molecule has 0 bridgehead atoms. The van der Waals surface area contributed by atoms with Gasteiger partial charge in [0.25, 0.3) is 0 Å². The second kappa shape index (κ2) is 6.39. The molecule has 1 aliphatic heterocycles. The number of anilines is 1. The summed E-state index contributed by atoms with van der Waals surface area (Å²) in [6.07, 6.45) is -0.0866. The third-order valence-electron chi connectivity index (χ3n) is 3.36. The predicted molar refractivity (Wildman–Crippen MR) is 82.6 cm³/mol. The number of rotatable bonds is 4. The van der Waals surface area contributed by atoms with Gasteiger partial charge >= 0.3 is 0 Å². The number of ether oxygens (including phenoxy) is 3. The number of benzene rings is 2. The molecule has 0 aliphatic carbocycles. The summed E-state index contributed by atoms with van der Waals surface area (Å²) in [5, 5.41) is 2.83. The number of para-hydroxylation sites is 4. The number of methoxy groups -OCH3 is 1. The topological polar surface area (TPSA) is 56.8 Å². The molecule has 1 amide bonds. The van der Waals surface area contributed by atoms with Gasteiger partial charge < -0.3 is 19.5 Å². The van der Waals surface area contributed by atoms with Crippen LogP contribution in [0.4, 0.5) is 5.69 Å². The lowest BCUT2D eigenvalue weighted by atomic mass is 10.2. The summed E-state index contributed by atoms with van der Waals surface area (Å²) in [6, 6.07) is 14.7. The van der Waals surface area contributed by atoms with E-state index < -0.39 is 0 Å². The number of carbonyl (C=O) groups excluding carboxylic acids is 1. The lowest BCUT2D eigenvalue weighted by Crippen LogP contribution is -2.33. The van der Waals surface area contributed by atoms with E-state index in [9.17, 15) is 4.79 Å². The largest absolute Gasteiger partial charge is 0.495 e. The standard InChI is InChI=1S/C17H17NO4/c1-20-14-7-3-2-6-13(14)18-17(19)10-12-11-21-15-8-4-5-9-16(15)22-12/h2-9,12H,10-11H2,1H3,(H,18,19)/t12-/m0/s1. The van der Waals surface area contributed by atoms with Crippen LogP contribution in [0, 0.1) is 0 Å². The minimum Gasteiger partial charge on any atom is -0.495 e. The highest BCUT2D eigenvalue weighted by molar-refractivity contribution is 5.92. The fourth-order valence-electron chi connectivity index (χ4n) is 2.32. The Kier molecular flexibility index (Phi) is 4.14. The maximum Gasteiger partial charge on any atom is 0.228 e. The molecule has 1 heterocycles. The van der Waals surface area contributed by atoms with Crippen molar-refractivity contribution in [2.45, 2.75) is 12.5 Å². The van der Waals surface area contributed by atoms with Crippen LogP contribution in [-0.4, -0.2) is 25.7 Å². The molecule has 3 rings (SSSR count).